The summed E-state index contributed by atoms with van der Waals surface area (Å²) in [6.07, 6.45) is 1.83. The second kappa shape index (κ2) is 8.40. The molecule has 1 aromatic heterocycles. The number of rotatable bonds is 7. The molecule has 1 fully saturated rings. The van der Waals surface area contributed by atoms with Gasteiger partial charge in [-0.1, -0.05) is 12.1 Å². The number of methoxy groups -OCH3 is 1. The van der Waals surface area contributed by atoms with Crippen LogP contribution in [0.1, 0.15) is 18.9 Å². The molecule has 0 saturated heterocycles. The minimum Gasteiger partial charge on any atom is -0.495 e. The second-order valence-electron chi connectivity index (χ2n) is 7.02. The highest BCUT2D eigenvalue weighted by atomic mass is 19.1. The quantitative estimate of drug-likeness (QED) is 0.625. The number of nitrogens with zero attached hydrogens (tertiary/aromatic N) is 3. The number of amides is 2. The number of aromatic nitrogens is 3. The first-order valence-electron chi connectivity index (χ1n) is 9.70. The van der Waals surface area contributed by atoms with Crippen LogP contribution < -0.4 is 21.1 Å². The number of carbonyl (C=O) groups is 1. The van der Waals surface area contributed by atoms with Crippen molar-refractivity contribution in [1.82, 2.24) is 19.7 Å². The van der Waals surface area contributed by atoms with Crippen LogP contribution in [0.4, 0.5) is 14.9 Å². The summed E-state index contributed by atoms with van der Waals surface area (Å²) in [6, 6.07) is 12.7. The predicted octanol–water partition coefficient (Wildman–Crippen LogP) is 3.02. The second-order valence-corrected chi connectivity index (χ2v) is 7.02. The van der Waals surface area contributed by atoms with Crippen LogP contribution in [-0.2, 0) is 6.54 Å². The molecule has 30 heavy (non-hydrogen) atoms. The summed E-state index contributed by atoms with van der Waals surface area (Å²) < 4.78 is 21.5. The smallest absolute Gasteiger partial charge is 0.346 e. The van der Waals surface area contributed by atoms with Gasteiger partial charge < -0.3 is 15.4 Å². The van der Waals surface area contributed by atoms with E-state index in [1.54, 1.807) is 34.9 Å². The lowest BCUT2D eigenvalue weighted by molar-refractivity contribution is 0.251. The van der Waals surface area contributed by atoms with Crippen molar-refractivity contribution in [3.05, 3.63) is 64.8 Å². The van der Waals surface area contributed by atoms with Crippen molar-refractivity contribution in [3.63, 3.8) is 0 Å². The fourth-order valence-corrected chi connectivity index (χ4v) is 3.21. The van der Waals surface area contributed by atoms with Crippen LogP contribution in [0.25, 0.3) is 11.4 Å². The maximum atomic E-state index is 13.3. The summed E-state index contributed by atoms with van der Waals surface area (Å²) >= 11 is 0. The third-order valence-electron chi connectivity index (χ3n) is 4.85. The molecule has 2 amide bonds. The maximum Gasteiger partial charge on any atom is 0.346 e. The Morgan fingerprint density at radius 2 is 1.93 bits per heavy atom. The van der Waals surface area contributed by atoms with Crippen LogP contribution in [0.2, 0.25) is 0 Å². The Hall–Kier alpha value is -3.62. The van der Waals surface area contributed by atoms with Crippen LogP contribution in [0.3, 0.4) is 0 Å². The molecular formula is C21H22FN5O3. The van der Waals surface area contributed by atoms with E-state index < -0.39 is 6.03 Å². The van der Waals surface area contributed by atoms with E-state index in [0.29, 0.717) is 22.8 Å². The highest BCUT2D eigenvalue weighted by molar-refractivity contribution is 5.90. The Labute approximate surface area is 172 Å². The van der Waals surface area contributed by atoms with E-state index in [-0.39, 0.29) is 30.6 Å². The summed E-state index contributed by atoms with van der Waals surface area (Å²) in [7, 11) is 1.53. The Bertz CT molecular complexity index is 1100. The summed E-state index contributed by atoms with van der Waals surface area (Å²) in [5.74, 6) is 0.723. The summed E-state index contributed by atoms with van der Waals surface area (Å²) in [6.45, 7) is 0.428. The van der Waals surface area contributed by atoms with Crippen molar-refractivity contribution in [2.24, 2.45) is 0 Å². The molecule has 156 valence electrons. The zero-order valence-corrected chi connectivity index (χ0v) is 16.5. The van der Waals surface area contributed by atoms with Crippen molar-refractivity contribution in [2.75, 3.05) is 19.0 Å². The van der Waals surface area contributed by atoms with Crippen LogP contribution in [0, 0.1) is 5.82 Å². The normalized spacial score (nSPS) is 13.1. The SMILES string of the molecule is COc1ccccc1NC(=O)NCCn1nc(-c2ccc(F)cc2)n(C2CC2)c1=O. The van der Waals surface area contributed by atoms with Gasteiger partial charge in [0.15, 0.2) is 5.82 Å². The molecule has 2 N–H and O–H groups in total. The molecule has 3 aromatic rings. The molecule has 2 aromatic carbocycles. The fraction of sp³-hybridized carbons (Fsp3) is 0.286. The molecule has 8 nitrogen and oxygen atoms in total. The molecule has 9 heteroatoms. The standard InChI is InChI=1S/C21H22FN5O3/c1-30-18-5-3-2-4-17(18)24-20(28)23-12-13-26-21(29)27(16-10-11-16)19(25-26)14-6-8-15(22)9-7-14/h2-9,16H,10-13H2,1H3,(H2,23,24,28). The zero-order valence-electron chi connectivity index (χ0n) is 16.5. The first kappa shape index (κ1) is 19.7. The molecule has 0 radical (unpaired) electrons. The molecule has 0 bridgehead atoms. The van der Waals surface area contributed by atoms with Crippen LogP contribution in [0.5, 0.6) is 5.75 Å². The van der Waals surface area contributed by atoms with Gasteiger partial charge in [-0.15, -0.1) is 5.10 Å². The van der Waals surface area contributed by atoms with Gasteiger partial charge in [-0.2, -0.15) is 0 Å². The van der Waals surface area contributed by atoms with Crippen LogP contribution in [-0.4, -0.2) is 34.0 Å². The van der Waals surface area contributed by atoms with Gasteiger partial charge >= 0.3 is 11.7 Å². The average Bonchev–Trinajstić information content (AvgIpc) is 3.53. The maximum absolute atomic E-state index is 13.3. The number of halogens is 1. The van der Waals surface area contributed by atoms with Crippen LogP contribution in [0.15, 0.2) is 53.3 Å². The van der Waals surface area contributed by atoms with Gasteiger partial charge in [0.05, 0.1) is 19.3 Å². The molecule has 4 rings (SSSR count). The van der Waals surface area contributed by atoms with E-state index in [1.165, 1.54) is 23.9 Å². The fourth-order valence-electron chi connectivity index (χ4n) is 3.21. The van der Waals surface area contributed by atoms with Gasteiger partial charge in [0, 0.05) is 18.2 Å². The number of hydrogen-bond acceptors (Lipinski definition) is 4. The molecule has 1 heterocycles. The number of nitrogens with one attached hydrogen (secondary N) is 2. The lowest BCUT2D eigenvalue weighted by Crippen LogP contribution is -2.34. The Balaban J connectivity index is 1.44. The van der Waals surface area contributed by atoms with E-state index in [9.17, 15) is 14.0 Å². The number of ether oxygens (including phenoxy) is 1. The summed E-state index contributed by atoms with van der Waals surface area (Å²) in [4.78, 5) is 25.0. The zero-order chi connectivity index (χ0) is 21.1. The third-order valence-corrected chi connectivity index (χ3v) is 4.85. The molecule has 0 spiro atoms. The van der Waals surface area contributed by atoms with Gasteiger partial charge in [-0.3, -0.25) is 4.57 Å². The highest BCUT2D eigenvalue weighted by Crippen LogP contribution is 2.36. The van der Waals surface area contributed by atoms with E-state index >= 15 is 0 Å². The van der Waals surface area contributed by atoms with Crippen molar-refractivity contribution < 1.29 is 13.9 Å². The van der Waals surface area contributed by atoms with Gasteiger partial charge in [0.25, 0.3) is 0 Å². The number of urea groups is 1. The van der Waals surface area contributed by atoms with Crippen LogP contribution >= 0.6 is 0 Å². The number of hydrogen-bond donors (Lipinski definition) is 2. The van der Waals surface area contributed by atoms with Crippen molar-refractivity contribution in [1.29, 1.82) is 0 Å². The molecule has 0 unspecified atom stereocenters. The largest absolute Gasteiger partial charge is 0.495 e. The molecule has 1 aliphatic carbocycles. The molecular weight excluding hydrogens is 389 g/mol. The monoisotopic (exact) mass is 411 g/mol. The topological polar surface area (TPSA) is 90.2 Å². The van der Waals surface area contributed by atoms with Gasteiger partial charge in [-0.25, -0.2) is 18.7 Å². The van der Waals surface area contributed by atoms with E-state index in [2.05, 4.69) is 15.7 Å². The first-order valence-corrected chi connectivity index (χ1v) is 9.70. The Morgan fingerprint density at radius 3 is 2.63 bits per heavy atom. The van der Waals surface area contributed by atoms with Gasteiger partial charge in [0.2, 0.25) is 0 Å². The van der Waals surface area contributed by atoms with E-state index in [1.807, 2.05) is 6.07 Å². The van der Waals surface area contributed by atoms with E-state index in [0.717, 1.165) is 12.8 Å². The highest BCUT2D eigenvalue weighted by Gasteiger charge is 2.30. The minimum absolute atomic E-state index is 0.119. The minimum atomic E-state index is -0.409. The lowest BCUT2D eigenvalue weighted by atomic mass is 10.2. The van der Waals surface area contributed by atoms with E-state index in [4.69, 9.17) is 4.74 Å². The summed E-state index contributed by atoms with van der Waals surface area (Å²) in [5.41, 5.74) is 0.996. The first-order chi connectivity index (χ1) is 14.6. The molecule has 1 aliphatic rings. The average molecular weight is 411 g/mol. The lowest BCUT2D eigenvalue weighted by Gasteiger charge is -2.10. The molecule has 0 atom stereocenters. The molecule has 1 saturated carbocycles. The van der Waals surface area contributed by atoms with Crippen molar-refractivity contribution >= 4 is 11.7 Å². The van der Waals surface area contributed by atoms with Gasteiger partial charge in [0.1, 0.15) is 11.6 Å². The molecule has 0 aliphatic heterocycles. The Morgan fingerprint density at radius 1 is 1.20 bits per heavy atom. The number of benzene rings is 2. The third kappa shape index (κ3) is 4.19. The number of anilines is 1. The Kier molecular flexibility index (Phi) is 5.51. The number of carbonyl (C=O) groups excluding carboxylic acids is 1. The van der Waals surface area contributed by atoms with Gasteiger partial charge in [-0.05, 0) is 49.2 Å². The van der Waals surface area contributed by atoms with Crippen molar-refractivity contribution in [3.8, 4) is 17.1 Å². The predicted molar refractivity (Wildman–Crippen MR) is 110 cm³/mol. The number of para-hydroxylation sites is 2. The summed E-state index contributed by atoms with van der Waals surface area (Å²) in [5, 5.41) is 9.86. The van der Waals surface area contributed by atoms with Crippen molar-refractivity contribution in [2.45, 2.75) is 25.4 Å².